The summed E-state index contributed by atoms with van der Waals surface area (Å²) in [7, 11) is 0. The van der Waals surface area contributed by atoms with Crippen molar-refractivity contribution in [3.8, 4) is 0 Å². The molecule has 0 radical (unpaired) electrons. The van der Waals surface area contributed by atoms with Gasteiger partial charge >= 0.3 is 0 Å². The zero-order valence-electron chi connectivity index (χ0n) is 14.7. The van der Waals surface area contributed by atoms with Crippen LogP contribution in [0.3, 0.4) is 0 Å². The van der Waals surface area contributed by atoms with Gasteiger partial charge in [0.05, 0.1) is 15.2 Å². The molecule has 1 unspecified atom stereocenters. The lowest BCUT2D eigenvalue weighted by Crippen LogP contribution is -2.39. The SMILES string of the molecule is NC(CC(=O)N1CCC(c2nc3ccccc3s2)CC1)c1ccccc1. The van der Waals surface area contributed by atoms with E-state index in [1.54, 1.807) is 11.3 Å². The van der Waals surface area contributed by atoms with Gasteiger partial charge in [0.15, 0.2) is 0 Å². The van der Waals surface area contributed by atoms with E-state index in [9.17, 15) is 4.79 Å². The van der Waals surface area contributed by atoms with Crippen molar-refractivity contribution < 1.29 is 4.79 Å². The Kier molecular flexibility index (Phi) is 5.00. The number of carbonyl (C=O) groups is 1. The smallest absolute Gasteiger partial charge is 0.224 e. The van der Waals surface area contributed by atoms with Gasteiger partial charge in [-0.25, -0.2) is 4.98 Å². The van der Waals surface area contributed by atoms with Gasteiger partial charge in [0.25, 0.3) is 0 Å². The van der Waals surface area contributed by atoms with Gasteiger partial charge in [-0.1, -0.05) is 42.5 Å². The molecule has 1 aromatic heterocycles. The van der Waals surface area contributed by atoms with E-state index in [1.807, 2.05) is 41.3 Å². The quantitative estimate of drug-likeness (QED) is 0.757. The van der Waals surface area contributed by atoms with Gasteiger partial charge in [-0.05, 0) is 30.5 Å². The number of hydrogen-bond acceptors (Lipinski definition) is 4. The third-order valence-corrected chi connectivity index (χ3v) is 6.33. The number of para-hydroxylation sites is 1. The number of benzene rings is 2. The highest BCUT2D eigenvalue weighted by molar-refractivity contribution is 7.18. The Labute approximate surface area is 157 Å². The zero-order valence-corrected chi connectivity index (χ0v) is 15.5. The van der Waals surface area contributed by atoms with Crippen LogP contribution in [0.15, 0.2) is 54.6 Å². The molecule has 134 valence electrons. The number of likely N-dealkylation sites (tertiary alicyclic amines) is 1. The predicted octanol–water partition coefficient (Wildman–Crippen LogP) is 4.09. The van der Waals surface area contributed by atoms with E-state index in [2.05, 4.69) is 18.2 Å². The molecule has 1 aliphatic rings. The molecule has 2 N–H and O–H groups in total. The highest BCUT2D eigenvalue weighted by atomic mass is 32.1. The van der Waals surface area contributed by atoms with Gasteiger partial charge in [0, 0.05) is 31.5 Å². The lowest BCUT2D eigenvalue weighted by Gasteiger charge is -2.31. The summed E-state index contributed by atoms with van der Waals surface area (Å²) in [6.07, 6.45) is 2.33. The largest absolute Gasteiger partial charge is 0.343 e. The number of nitrogens with zero attached hydrogens (tertiary/aromatic N) is 2. The number of carbonyl (C=O) groups excluding carboxylic acids is 1. The molecular formula is C21H23N3OS. The first-order valence-electron chi connectivity index (χ1n) is 9.14. The Hall–Kier alpha value is -2.24. The van der Waals surface area contributed by atoms with E-state index in [1.165, 1.54) is 9.71 Å². The van der Waals surface area contributed by atoms with Gasteiger partial charge in [-0.3, -0.25) is 4.79 Å². The predicted molar refractivity (Wildman–Crippen MR) is 106 cm³/mol. The van der Waals surface area contributed by atoms with Crippen molar-refractivity contribution in [2.75, 3.05) is 13.1 Å². The molecule has 5 heteroatoms. The third kappa shape index (κ3) is 3.64. The molecular weight excluding hydrogens is 342 g/mol. The molecule has 0 saturated carbocycles. The van der Waals surface area contributed by atoms with Gasteiger partial charge < -0.3 is 10.6 Å². The standard InChI is InChI=1S/C21H23N3OS/c22-17(15-6-2-1-3-7-15)14-20(25)24-12-10-16(11-13-24)21-23-18-8-4-5-9-19(18)26-21/h1-9,16-17H,10-14,22H2. The molecule has 2 aromatic carbocycles. The van der Waals surface area contributed by atoms with Crippen LogP contribution in [-0.4, -0.2) is 28.9 Å². The summed E-state index contributed by atoms with van der Waals surface area (Å²) in [4.78, 5) is 19.4. The van der Waals surface area contributed by atoms with E-state index in [4.69, 9.17) is 10.7 Å². The zero-order chi connectivity index (χ0) is 17.9. The fraction of sp³-hybridized carbons (Fsp3) is 0.333. The number of aromatic nitrogens is 1. The molecule has 2 heterocycles. The summed E-state index contributed by atoms with van der Waals surface area (Å²) in [6, 6.07) is 17.9. The average Bonchev–Trinajstić information content (AvgIpc) is 3.13. The fourth-order valence-corrected chi connectivity index (χ4v) is 4.71. The fourth-order valence-electron chi connectivity index (χ4n) is 3.58. The summed E-state index contributed by atoms with van der Waals surface area (Å²) < 4.78 is 1.25. The van der Waals surface area contributed by atoms with Crippen molar-refractivity contribution in [3.05, 3.63) is 65.2 Å². The minimum Gasteiger partial charge on any atom is -0.343 e. The molecule has 0 bridgehead atoms. The van der Waals surface area contributed by atoms with Crippen LogP contribution in [0.2, 0.25) is 0 Å². The van der Waals surface area contributed by atoms with Crippen molar-refractivity contribution in [2.45, 2.75) is 31.2 Å². The highest BCUT2D eigenvalue weighted by Gasteiger charge is 2.26. The van der Waals surface area contributed by atoms with Gasteiger partial charge in [-0.15, -0.1) is 11.3 Å². The van der Waals surface area contributed by atoms with Gasteiger partial charge in [0.1, 0.15) is 0 Å². The maximum atomic E-state index is 12.6. The van der Waals surface area contributed by atoms with E-state index in [-0.39, 0.29) is 11.9 Å². The average molecular weight is 366 g/mol. The van der Waals surface area contributed by atoms with E-state index >= 15 is 0 Å². The molecule has 4 nitrogen and oxygen atoms in total. The molecule has 4 rings (SSSR count). The van der Waals surface area contributed by atoms with Gasteiger partial charge in [0.2, 0.25) is 5.91 Å². The summed E-state index contributed by atoms with van der Waals surface area (Å²) in [5.41, 5.74) is 8.31. The maximum Gasteiger partial charge on any atom is 0.224 e. The van der Waals surface area contributed by atoms with E-state index in [0.717, 1.165) is 37.0 Å². The van der Waals surface area contributed by atoms with Crippen molar-refractivity contribution in [1.29, 1.82) is 0 Å². The topological polar surface area (TPSA) is 59.2 Å². The third-order valence-electron chi connectivity index (χ3n) is 5.13. The Morgan fingerprint density at radius 2 is 1.81 bits per heavy atom. The minimum absolute atomic E-state index is 0.157. The van der Waals surface area contributed by atoms with Crippen molar-refractivity contribution in [1.82, 2.24) is 9.88 Å². The lowest BCUT2D eigenvalue weighted by atomic mass is 9.96. The Morgan fingerprint density at radius 3 is 2.54 bits per heavy atom. The molecule has 1 aliphatic heterocycles. The molecule has 0 aliphatic carbocycles. The number of amides is 1. The first kappa shape index (κ1) is 17.2. The van der Waals surface area contributed by atoms with Crippen LogP contribution in [0, 0.1) is 0 Å². The maximum absolute atomic E-state index is 12.6. The highest BCUT2D eigenvalue weighted by Crippen LogP contribution is 2.34. The van der Waals surface area contributed by atoms with Crippen molar-refractivity contribution >= 4 is 27.5 Å². The summed E-state index contributed by atoms with van der Waals surface area (Å²) in [5, 5.41) is 1.21. The first-order chi connectivity index (χ1) is 12.7. The first-order valence-corrected chi connectivity index (χ1v) is 9.96. The normalized spacial score (nSPS) is 16.7. The van der Waals surface area contributed by atoms with E-state index < -0.39 is 0 Å². The Bertz CT molecular complexity index is 851. The van der Waals surface area contributed by atoms with Crippen LogP contribution in [0.1, 0.15) is 41.8 Å². The molecule has 1 fully saturated rings. The van der Waals surface area contributed by atoms with Crippen LogP contribution < -0.4 is 5.73 Å². The Balaban J connectivity index is 1.35. The molecule has 3 aromatic rings. The van der Waals surface area contributed by atoms with Gasteiger partial charge in [-0.2, -0.15) is 0 Å². The second kappa shape index (κ2) is 7.56. The number of nitrogens with two attached hydrogens (primary N) is 1. The van der Waals surface area contributed by atoms with Crippen LogP contribution in [0.25, 0.3) is 10.2 Å². The number of piperidine rings is 1. The molecule has 1 atom stereocenters. The van der Waals surface area contributed by atoms with Crippen molar-refractivity contribution in [3.63, 3.8) is 0 Å². The second-order valence-corrected chi connectivity index (χ2v) is 7.96. The summed E-state index contributed by atoms with van der Waals surface area (Å²) >= 11 is 1.79. The summed E-state index contributed by atoms with van der Waals surface area (Å²) in [5.74, 6) is 0.614. The van der Waals surface area contributed by atoms with Crippen LogP contribution >= 0.6 is 11.3 Å². The van der Waals surface area contributed by atoms with Crippen LogP contribution in [0.5, 0.6) is 0 Å². The summed E-state index contributed by atoms with van der Waals surface area (Å²) in [6.45, 7) is 1.59. The molecule has 0 spiro atoms. The molecule has 26 heavy (non-hydrogen) atoms. The van der Waals surface area contributed by atoms with Crippen molar-refractivity contribution in [2.24, 2.45) is 5.73 Å². The van der Waals surface area contributed by atoms with E-state index in [0.29, 0.717) is 12.3 Å². The molecule has 1 saturated heterocycles. The number of hydrogen-bond donors (Lipinski definition) is 1. The molecule has 1 amide bonds. The lowest BCUT2D eigenvalue weighted by molar-refractivity contribution is -0.132. The minimum atomic E-state index is -0.231. The second-order valence-electron chi connectivity index (χ2n) is 6.90. The number of rotatable bonds is 4. The number of fused-ring (bicyclic) bond motifs is 1. The Morgan fingerprint density at radius 1 is 1.12 bits per heavy atom. The van der Waals surface area contributed by atoms with Crippen LogP contribution in [-0.2, 0) is 4.79 Å². The van der Waals surface area contributed by atoms with Crippen LogP contribution in [0.4, 0.5) is 0 Å². The number of thiazole rings is 1. The monoisotopic (exact) mass is 365 g/mol.